The molecule has 0 amide bonds. The number of allylic oxidation sites excluding steroid dienone is 1. The minimum Gasteiger partial charge on any atom is -0.497 e. The lowest BCUT2D eigenvalue weighted by Gasteiger charge is -2.43. The first-order chi connectivity index (χ1) is 9.85. The van der Waals surface area contributed by atoms with Crippen LogP contribution in [0.3, 0.4) is 0 Å². The van der Waals surface area contributed by atoms with Crippen LogP contribution in [0.25, 0.3) is 5.57 Å². The lowest BCUT2D eigenvalue weighted by Crippen LogP contribution is -2.46. The number of ether oxygens (including phenoxy) is 2. The molecular formula is C17H23NO3. The van der Waals surface area contributed by atoms with E-state index in [4.69, 9.17) is 9.47 Å². The normalized spacial score (nSPS) is 16.0. The van der Waals surface area contributed by atoms with Crippen LogP contribution in [0.2, 0.25) is 0 Å². The van der Waals surface area contributed by atoms with E-state index in [1.54, 1.807) is 7.11 Å². The molecule has 0 aliphatic carbocycles. The second-order valence-corrected chi connectivity index (χ2v) is 5.86. The van der Waals surface area contributed by atoms with Crippen LogP contribution in [-0.4, -0.2) is 31.8 Å². The second kappa shape index (κ2) is 5.80. The number of methoxy groups -OCH3 is 1. The molecule has 2 rings (SSSR count). The predicted molar refractivity (Wildman–Crippen MR) is 84.7 cm³/mol. The standard InChI is InChI=1S/C17H23NO3/c1-12-11-17(3,4)18(8-9-21-13(2)19)16-10-14(20-5)6-7-15(12)16/h6-7,10-11H,8-9H2,1-5H3. The van der Waals surface area contributed by atoms with Crippen LogP contribution in [-0.2, 0) is 9.53 Å². The van der Waals surface area contributed by atoms with Crippen molar-refractivity contribution in [1.82, 2.24) is 0 Å². The summed E-state index contributed by atoms with van der Waals surface area (Å²) in [5.74, 6) is 0.583. The van der Waals surface area contributed by atoms with Gasteiger partial charge in [0.05, 0.1) is 19.2 Å². The summed E-state index contributed by atoms with van der Waals surface area (Å²) in [5, 5.41) is 0. The minimum absolute atomic E-state index is 0.135. The van der Waals surface area contributed by atoms with Crippen molar-refractivity contribution in [3.05, 3.63) is 29.8 Å². The highest BCUT2D eigenvalue weighted by atomic mass is 16.5. The first-order valence-electron chi connectivity index (χ1n) is 7.14. The highest BCUT2D eigenvalue weighted by molar-refractivity contribution is 5.82. The molecule has 0 spiro atoms. The third-order valence-electron chi connectivity index (χ3n) is 3.81. The first-order valence-corrected chi connectivity index (χ1v) is 7.14. The molecule has 0 saturated carbocycles. The number of hydrogen-bond acceptors (Lipinski definition) is 4. The van der Waals surface area contributed by atoms with Gasteiger partial charge in [0.25, 0.3) is 0 Å². The number of rotatable bonds is 4. The molecule has 0 bridgehead atoms. The molecular weight excluding hydrogens is 266 g/mol. The zero-order chi connectivity index (χ0) is 15.6. The average molecular weight is 289 g/mol. The minimum atomic E-state index is -0.248. The van der Waals surface area contributed by atoms with E-state index in [2.05, 4.69) is 37.8 Å². The molecule has 0 fully saturated rings. The molecule has 4 nitrogen and oxygen atoms in total. The van der Waals surface area contributed by atoms with Crippen molar-refractivity contribution in [3.63, 3.8) is 0 Å². The third-order valence-corrected chi connectivity index (χ3v) is 3.81. The Morgan fingerprint density at radius 3 is 2.67 bits per heavy atom. The predicted octanol–water partition coefficient (Wildman–Crippen LogP) is 3.26. The zero-order valence-electron chi connectivity index (χ0n) is 13.4. The van der Waals surface area contributed by atoms with Crippen LogP contribution >= 0.6 is 0 Å². The van der Waals surface area contributed by atoms with E-state index in [0.29, 0.717) is 13.2 Å². The number of benzene rings is 1. The van der Waals surface area contributed by atoms with Crippen molar-refractivity contribution in [2.24, 2.45) is 0 Å². The lowest BCUT2D eigenvalue weighted by atomic mass is 9.89. The lowest BCUT2D eigenvalue weighted by molar-refractivity contribution is -0.140. The molecule has 0 unspecified atom stereocenters. The summed E-state index contributed by atoms with van der Waals surface area (Å²) in [5.41, 5.74) is 3.43. The molecule has 1 aliphatic heterocycles. The summed E-state index contributed by atoms with van der Waals surface area (Å²) in [6, 6.07) is 6.09. The zero-order valence-corrected chi connectivity index (χ0v) is 13.4. The van der Waals surface area contributed by atoms with E-state index >= 15 is 0 Å². The second-order valence-electron chi connectivity index (χ2n) is 5.86. The number of fused-ring (bicyclic) bond motifs is 1. The third kappa shape index (κ3) is 3.20. The maximum Gasteiger partial charge on any atom is 0.302 e. The fraction of sp³-hybridized carbons (Fsp3) is 0.471. The van der Waals surface area contributed by atoms with Gasteiger partial charge in [-0.25, -0.2) is 0 Å². The number of nitrogens with zero attached hydrogens (tertiary/aromatic N) is 1. The van der Waals surface area contributed by atoms with Crippen LogP contribution in [0.4, 0.5) is 5.69 Å². The van der Waals surface area contributed by atoms with Gasteiger partial charge in [0.15, 0.2) is 0 Å². The Balaban J connectivity index is 2.36. The van der Waals surface area contributed by atoms with Gasteiger partial charge in [-0.2, -0.15) is 0 Å². The van der Waals surface area contributed by atoms with Gasteiger partial charge in [-0.15, -0.1) is 0 Å². The largest absolute Gasteiger partial charge is 0.497 e. The number of carbonyl (C=O) groups is 1. The summed E-state index contributed by atoms with van der Waals surface area (Å²) in [7, 11) is 1.67. The Kier molecular flexibility index (Phi) is 4.26. The van der Waals surface area contributed by atoms with Gasteiger partial charge < -0.3 is 14.4 Å². The smallest absolute Gasteiger partial charge is 0.302 e. The number of anilines is 1. The van der Waals surface area contributed by atoms with Crippen LogP contribution in [0, 0.1) is 0 Å². The Morgan fingerprint density at radius 2 is 2.05 bits per heavy atom. The van der Waals surface area contributed by atoms with Gasteiger partial charge in [0, 0.05) is 24.2 Å². The molecule has 21 heavy (non-hydrogen) atoms. The van der Waals surface area contributed by atoms with Crippen molar-refractivity contribution in [3.8, 4) is 5.75 Å². The van der Waals surface area contributed by atoms with Crippen molar-refractivity contribution in [2.75, 3.05) is 25.2 Å². The van der Waals surface area contributed by atoms with E-state index in [1.807, 2.05) is 12.1 Å². The summed E-state index contributed by atoms with van der Waals surface area (Å²) in [6.07, 6.45) is 2.25. The van der Waals surface area contributed by atoms with Crippen LogP contribution in [0.1, 0.15) is 33.3 Å². The Morgan fingerprint density at radius 1 is 1.33 bits per heavy atom. The molecule has 0 saturated heterocycles. The van der Waals surface area contributed by atoms with Crippen molar-refractivity contribution >= 4 is 17.2 Å². The first kappa shape index (κ1) is 15.4. The van der Waals surface area contributed by atoms with E-state index < -0.39 is 0 Å². The van der Waals surface area contributed by atoms with Crippen LogP contribution < -0.4 is 9.64 Å². The average Bonchev–Trinajstić information content (AvgIpc) is 2.40. The maximum absolute atomic E-state index is 11.0. The maximum atomic E-state index is 11.0. The van der Waals surface area contributed by atoms with Gasteiger partial charge in [0.2, 0.25) is 0 Å². The van der Waals surface area contributed by atoms with Crippen LogP contribution in [0.5, 0.6) is 5.75 Å². The monoisotopic (exact) mass is 289 g/mol. The van der Waals surface area contributed by atoms with E-state index in [0.717, 1.165) is 11.4 Å². The van der Waals surface area contributed by atoms with Gasteiger partial charge in [-0.05, 0) is 38.5 Å². The summed E-state index contributed by atoms with van der Waals surface area (Å²) in [6.45, 7) is 8.90. The SMILES string of the molecule is COc1ccc2c(c1)N(CCOC(C)=O)C(C)(C)C=C2C. The van der Waals surface area contributed by atoms with E-state index in [1.165, 1.54) is 18.1 Å². The summed E-state index contributed by atoms with van der Waals surface area (Å²) >= 11 is 0. The quantitative estimate of drug-likeness (QED) is 0.798. The Hall–Kier alpha value is -1.97. The fourth-order valence-corrected chi connectivity index (χ4v) is 2.88. The number of esters is 1. The molecule has 1 aliphatic rings. The van der Waals surface area contributed by atoms with Gasteiger partial charge >= 0.3 is 5.97 Å². The highest BCUT2D eigenvalue weighted by Gasteiger charge is 2.31. The van der Waals surface area contributed by atoms with E-state index in [-0.39, 0.29) is 11.5 Å². The Labute approximate surface area is 126 Å². The summed E-state index contributed by atoms with van der Waals surface area (Å²) in [4.78, 5) is 13.2. The van der Waals surface area contributed by atoms with Gasteiger partial charge in [-0.3, -0.25) is 4.79 Å². The number of hydrogen-bond donors (Lipinski definition) is 0. The van der Waals surface area contributed by atoms with E-state index in [9.17, 15) is 4.79 Å². The molecule has 0 radical (unpaired) electrons. The molecule has 1 aromatic rings. The molecule has 114 valence electrons. The van der Waals surface area contributed by atoms with Crippen molar-refractivity contribution in [1.29, 1.82) is 0 Å². The summed E-state index contributed by atoms with van der Waals surface area (Å²) < 4.78 is 10.4. The Bertz CT molecular complexity index is 575. The van der Waals surface area contributed by atoms with Crippen LogP contribution in [0.15, 0.2) is 24.3 Å². The van der Waals surface area contributed by atoms with Gasteiger partial charge in [0.1, 0.15) is 12.4 Å². The molecule has 0 N–H and O–H groups in total. The van der Waals surface area contributed by atoms with Crippen molar-refractivity contribution < 1.29 is 14.3 Å². The molecule has 0 atom stereocenters. The topological polar surface area (TPSA) is 38.8 Å². The molecule has 1 aromatic carbocycles. The van der Waals surface area contributed by atoms with Crippen molar-refractivity contribution in [2.45, 2.75) is 33.2 Å². The fourth-order valence-electron chi connectivity index (χ4n) is 2.88. The highest BCUT2D eigenvalue weighted by Crippen LogP contribution is 2.40. The molecule has 1 heterocycles. The number of carbonyl (C=O) groups excluding carboxylic acids is 1. The van der Waals surface area contributed by atoms with Gasteiger partial charge in [-0.1, -0.05) is 6.08 Å². The molecule has 0 aromatic heterocycles. The molecule has 4 heteroatoms.